The summed E-state index contributed by atoms with van der Waals surface area (Å²) >= 11 is 0. The Morgan fingerprint density at radius 1 is 1.17 bits per heavy atom. The summed E-state index contributed by atoms with van der Waals surface area (Å²) in [7, 11) is 0. The Bertz CT molecular complexity index is 438. The van der Waals surface area contributed by atoms with Gasteiger partial charge in [-0.25, -0.2) is 0 Å². The van der Waals surface area contributed by atoms with Gasteiger partial charge in [-0.05, 0) is 19.3 Å². The van der Waals surface area contributed by atoms with Crippen molar-refractivity contribution in [3.8, 4) is 0 Å². The molecule has 24 heavy (non-hydrogen) atoms. The number of halogens is 1. The zero-order chi connectivity index (χ0) is 17.5. The van der Waals surface area contributed by atoms with E-state index in [4.69, 9.17) is 5.73 Å². The van der Waals surface area contributed by atoms with Crippen molar-refractivity contribution in [2.24, 2.45) is 11.1 Å². The molecule has 140 valence electrons. The SMILES string of the molecule is CC(C)(C)C(=O)NCC(=O)N1CCCCC1CNC(=O)CCN.Cl. The minimum absolute atomic E-state index is 0. The highest BCUT2D eigenvalue weighted by molar-refractivity contribution is 5.87. The number of amides is 3. The molecule has 1 aliphatic heterocycles. The molecule has 1 rings (SSSR count). The average Bonchev–Trinajstić information content (AvgIpc) is 2.50. The molecule has 0 aromatic carbocycles. The molecule has 7 nitrogen and oxygen atoms in total. The van der Waals surface area contributed by atoms with Crippen molar-refractivity contribution in [2.75, 3.05) is 26.2 Å². The zero-order valence-electron chi connectivity index (χ0n) is 14.9. The van der Waals surface area contributed by atoms with Gasteiger partial charge in [0.25, 0.3) is 0 Å². The highest BCUT2D eigenvalue weighted by Crippen LogP contribution is 2.17. The third-order valence-electron chi connectivity index (χ3n) is 3.94. The number of piperidine rings is 1. The van der Waals surface area contributed by atoms with Crippen LogP contribution >= 0.6 is 12.4 Å². The van der Waals surface area contributed by atoms with Crippen molar-refractivity contribution < 1.29 is 14.4 Å². The summed E-state index contributed by atoms with van der Waals surface area (Å²) in [6, 6.07) is -0.00971. The standard InChI is InChI=1S/C16H30N4O3.ClH/c1-16(2,3)15(23)19-11-14(22)20-9-5-4-6-12(20)10-18-13(21)7-8-17;/h12H,4-11,17H2,1-3H3,(H,18,21)(H,19,23);1H. The zero-order valence-corrected chi connectivity index (χ0v) is 15.7. The lowest BCUT2D eigenvalue weighted by atomic mass is 9.96. The van der Waals surface area contributed by atoms with Gasteiger partial charge in [-0.2, -0.15) is 0 Å². The van der Waals surface area contributed by atoms with E-state index in [0.29, 0.717) is 26.1 Å². The average molecular weight is 363 g/mol. The maximum atomic E-state index is 12.4. The number of nitrogens with zero attached hydrogens (tertiary/aromatic N) is 1. The van der Waals surface area contributed by atoms with Crippen molar-refractivity contribution in [2.45, 2.75) is 52.5 Å². The molecular weight excluding hydrogens is 332 g/mol. The fourth-order valence-electron chi connectivity index (χ4n) is 2.51. The molecular formula is C16H31ClN4O3. The van der Waals surface area contributed by atoms with Crippen molar-refractivity contribution in [1.82, 2.24) is 15.5 Å². The third kappa shape index (κ3) is 7.49. The summed E-state index contributed by atoms with van der Waals surface area (Å²) in [5.74, 6) is -0.331. The van der Waals surface area contributed by atoms with Gasteiger partial charge in [0.15, 0.2) is 0 Å². The molecule has 0 aromatic heterocycles. The highest BCUT2D eigenvalue weighted by Gasteiger charge is 2.28. The molecule has 1 unspecified atom stereocenters. The monoisotopic (exact) mass is 362 g/mol. The summed E-state index contributed by atoms with van der Waals surface area (Å²) in [5, 5.41) is 5.52. The number of carbonyl (C=O) groups is 3. The number of hydrogen-bond acceptors (Lipinski definition) is 4. The molecule has 3 amide bonds. The van der Waals surface area contributed by atoms with Crippen LogP contribution in [0.3, 0.4) is 0 Å². The number of carbonyl (C=O) groups excluding carboxylic acids is 3. The molecule has 1 saturated heterocycles. The van der Waals surface area contributed by atoms with E-state index >= 15 is 0 Å². The van der Waals surface area contributed by atoms with Gasteiger partial charge in [-0.15, -0.1) is 12.4 Å². The molecule has 8 heteroatoms. The predicted molar refractivity (Wildman–Crippen MR) is 95.7 cm³/mol. The summed E-state index contributed by atoms with van der Waals surface area (Å²) in [6.45, 7) is 6.86. The molecule has 0 aliphatic carbocycles. The molecule has 1 atom stereocenters. The van der Waals surface area contributed by atoms with E-state index in [0.717, 1.165) is 19.3 Å². The quantitative estimate of drug-likeness (QED) is 0.636. The normalized spacial score (nSPS) is 17.7. The summed E-state index contributed by atoms with van der Waals surface area (Å²) < 4.78 is 0. The fraction of sp³-hybridized carbons (Fsp3) is 0.812. The maximum absolute atomic E-state index is 12.4. The molecule has 0 bridgehead atoms. The van der Waals surface area contributed by atoms with Crippen molar-refractivity contribution in [1.29, 1.82) is 0 Å². The van der Waals surface area contributed by atoms with Crippen molar-refractivity contribution >= 4 is 30.1 Å². The maximum Gasteiger partial charge on any atom is 0.242 e. The lowest BCUT2D eigenvalue weighted by molar-refractivity contribution is -0.137. The van der Waals surface area contributed by atoms with Crippen LogP contribution in [0.15, 0.2) is 0 Å². The van der Waals surface area contributed by atoms with E-state index in [1.807, 2.05) is 20.8 Å². The van der Waals surface area contributed by atoms with E-state index in [-0.39, 0.29) is 42.7 Å². The van der Waals surface area contributed by atoms with Crippen LogP contribution in [0.5, 0.6) is 0 Å². The topological polar surface area (TPSA) is 105 Å². The van der Waals surface area contributed by atoms with Gasteiger partial charge in [0, 0.05) is 37.5 Å². The van der Waals surface area contributed by atoms with E-state index in [2.05, 4.69) is 10.6 Å². The van der Waals surface area contributed by atoms with Crippen LogP contribution < -0.4 is 16.4 Å². The first kappa shape index (κ1) is 22.7. The van der Waals surface area contributed by atoms with Gasteiger partial charge in [-0.1, -0.05) is 20.8 Å². The third-order valence-corrected chi connectivity index (χ3v) is 3.94. The van der Waals surface area contributed by atoms with Gasteiger partial charge in [-0.3, -0.25) is 14.4 Å². The second-order valence-electron chi connectivity index (χ2n) is 7.01. The highest BCUT2D eigenvalue weighted by atomic mass is 35.5. The molecule has 1 heterocycles. The van der Waals surface area contributed by atoms with E-state index < -0.39 is 5.41 Å². The van der Waals surface area contributed by atoms with E-state index in [9.17, 15) is 14.4 Å². The predicted octanol–water partition coefficient (Wildman–Crippen LogP) is 0.417. The molecule has 0 saturated carbocycles. The molecule has 4 N–H and O–H groups in total. The smallest absolute Gasteiger partial charge is 0.242 e. The minimum atomic E-state index is -0.516. The van der Waals surface area contributed by atoms with Crippen LogP contribution in [0.2, 0.25) is 0 Å². The Kier molecular flexibility index (Phi) is 9.92. The van der Waals surface area contributed by atoms with Crippen molar-refractivity contribution in [3.63, 3.8) is 0 Å². The molecule has 1 aliphatic rings. The number of likely N-dealkylation sites (tertiary alicyclic amines) is 1. The summed E-state index contributed by atoms with van der Waals surface area (Å²) in [4.78, 5) is 37.6. The summed E-state index contributed by atoms with van der Waals surface area (Å²) in [6.07, 6.45) is 3.14. The van der Waals surface area contributed by atoms with Crippen LogP contribution in [-0.4, -0.2) is 54.8 Å². The van der Waals surface area contributed by atoms with Crippen LogP contribution in [-0.2, 0) is 14.4 Å². The molecule has 0 spiro atoms. The minimum Gasteiger partial charge on any atom is -0.354 e. The molecule has 1 fully saturated rings. The van der Waals surface area contributed by atoms with E-state index in [1.54, 1.807) is 4.90 Å². The lowest BCUT2D eigenvalue weighted by Crippen LogP contribution is -2.52. The molecule has 0 radical (unpaired) electrons. The number of nitrogens with two attached hydrogens (primary N) is 1. The second kappa shape index (κ2) is 10.5. The Balaban J connectivity index is 0.00000529. The van der Waals surface area contributed by atoms with Crippen LogP contribution in [0.1, 0.15) is 46.5 Å². The van der Waals surface area contributed by atoms with Crippen LogP contribution in [0.4, 0.5) is 0 Å². The van der Waals surface area contributed by atoms with Gasteiger partial charge < -0.3 is 21.3 Å². The van der Waals surface area contributed by atoms with Gasteiger partial charge in [0.05, 0.1) is 6.54 Å². The largest absolute Gasteiger partial charge is 0.354 e. The van der Waals surface area contributed by atoms with E-state index in [1.165, 1.54) is 0 Å². The summed E-state index contributed by atoms with van der Waals surface area (Å²) in [5.41, 5.74) is 4.83. The molecule has 0 aromatic rings. The Morgan fingerprint density at radius 2 is 1.83 bits per heavy atom. The Hall–Kier alpha value is -1.34. The second-order valence-corrected chi connectivity index (χ2v) is 7.01. The number of hydrogen-bond donors (Lipinski definition) is 3. The first-order valence-corrected chi connectivity index (χ1v) is 8.30. The Morgan fingerprint density at radius 3 is 2.42 bits per heavy atom. The number of nitrogens with one attached hydrogen (secondary N) is 2. The first-order chi connectivity index (χ1) is 10.8. The fourth-order valence-corrected chi connectivity index (χ4v) is 2.51. The van der Waals surface area contributed by atoms with Crippen LogP contribution in [0, 0.1) is 5.41 Å². The Labute approximate surface area is 150 Å². The van der Waals surface area contributed by atoms with Gasteiger partial charge in [0.1, 0.15) is 0 Å². The lowest BCUT2D eigenvalue weighted by Gasteiger charge is -2.36. The van der Waals surface area contributed by atoms with Gasteiger partial charge in [0.2, 0.25) is 17.7 Å². The van der Waals surface area contributed by atoms with Crippen molar-refractivity contribution in [3.05, 3.63) is 0 Å². The van der Waals surface area contributed by atoms with Crippen LogP contribution in [0.25, 0.3) is 0 Å². The number of rotatable bonds is 6. The first-order valence-electron chi connectivity index (χ1n) is 8.30. The van der Waals surface area contributed by atoms with Gasteiger partial charge >= 0.3 is 0 Å².